The first-order valence-electron chi connectivity index (χ1n) is 9.61. The summed E-state index contributed by atoms with van der Waals surface area (Å²) in [6.45, 7) is 4.29. The highest BCUT2D eigenvalue weighted by Gasteiger charge is 2.23. The maximum Gasteiger partial charge on any atom is 0.100 e. The van der Waals surface area contributed by atoms with Gasteiger partial charge in [0.2, 0.25) is 0 Å². The number of aromatic nitrogens is 2. The zero-order valence-corrected chi connectivity index (χ0v) is 15.5. The molecular weight excluding hydrogens is 330 g/mol. The lowest BCUT2D eigenvalue weighted by molar-refractivity contribution is 0.175. The average Bonchev–Trinajstić information content (AvgIpc) is 3.13. The van der Waals surface area contributed by atoms with Crippen LogP contribution in [0.25, 0.3) is 16.7 Å². The predicted octanol–water partition coefficient (Wildman–Crippen LogP) is 4.97. The number of nitrogens with zero attached hydrogens (tertiary/aromatic N) is 3. The van der Waals surface area contributed by atoms with E-state index in [0.717, 1.165) is 30.5 Å². The molecule has 0 amide bonds. The fourth-order valence-corrected chi connectivity index (χ4v) is 4.19. The summed E-state index contributed by atoms with van der Waals surface area (Å²) in [5.74, 6) is 0. The fraction of sp³-hybridized carbons (Fsp3) is 0.208. The quantitative estimate of drug-likeness (QED) is 0.518. The summed E-state index contributed by atoms with van der Waals surface area (Å²) in [6.07, 6.45) is 3.06. The monoisotopic (exact) mass is 353 g/mol. The van der Waals surface area contributed by atoms with Crippen molar-refractivity contribution in [1.29, 1.82) is 0 Å². The number of fused-ring (bicyclic) bond motifs is 2. The number of para-hydroxylation sites is 3. The van der Waals surface area contributed by atoms with Crippen LogP contribution in [0.3, 0.4) is 0 Å². The Morgan fingerprint density at radius 1 is 0.889 bits per heavy atom. The van der Waals surface area contributed by atoms with Crippen molar-refractivity contribution in [1.82, 2.24) is 14.5 Å². The molecule has 0 radical (unpaired) electrons. The second-order valence-electron chi connectivity index (χ2n) is 7.46. The van der Waals surface area contributed by atoms with Crippen LogP contribution in [0.2, 0.25) is 0 Å². The Labute approximate surface area is 159 Å². The Morgan fingerprint density at radius 2 is 1.63 bits per heavy atom. The van der Waals surface area contributed by atoms with Crippen LogP contribution in [0, 0.1) is 0 Å². The molecule has 0 bridgehead atoms. The molecule has 1 aliphatic rings. The van der Waals surface area contributed by atoms with Gasteiger partial charge >= 0.3 is 0 Å². The summed E-state index contributed by atoms with van der Waals surface area (Å²) in [7, 11) is 0. The number of hydrogen-bond acceptors (Lipinski definition) is 2. The molecule has 3 aromatic carbocycles. The maximum atomic E-state index is 4.58. The summed E-state index contributed by atoms with van der Waals surface area (Å²) in [5.41, 5.74) is 7.70. The molecule has 5 rings (SSSR count). The summed E-state index contributed by atoms with van der Waals surface area (Å²) in [6, 6.07) is 26.4. The van der Waals surface area contributed by atoms with Gasteiger partial charge in [-0.15, -0.1) is 0 Å². The van der Waals surface area contributed by atoms with Gasteiger partial charge in [-0.05, 0) is 48.2 Å². The van der Waals surface area contributed by atoms with Crippen LogP contribution >= 0.6 is 0 Å². The highest BCUT2D eigenvalue weighted by Crippen LogP contribution is 2.27. The van der Waals surface area contributed by atoms with Crippen molar-refractivity contribution in [3.8, 4) is 5.69 Å². The molecule has 1 aromatic heterocycles. The molecule has 27 heavy (non-hydrogen) atoms. The van der Waals surface area contributed by atoms with Crippen LogP contribution in [-0.4, -0.2) is 20.5 Å². The molecule has 0 saturated heterocycles. The first-order chi connectivity index (χ1) is 13.3. The van der Waals surface area contributed by atoms with Crippen LogP contribution in [0.5, 0.6) is 0 Å². The van der Waals surface area contributed by atoms with Crippen molar-refractivity contribution < 1.29 is 0 Å². The molecule has 0 fully saturated rings. The number of benzene rings is 3. The smallest absolute Gasteiger partial charge is 0.100 e. The van der Waals surface area contributed by atoms with Gasteiger partial charge in [0, 0.05) is 19.1 Å². The zero-order chi connectivity index (χ0) is 18.2. The third kappa shape index (κ3) is 2.94. The topological polar surface area (TPSA) is 21.1 Å². The van der Waals surface area contributed by atoms with Crippen molar-refractivity contribution in [2.24, 2.45) is 0 Å². The SMILES string of the molecule is CC1Cc2ccccc2CN1Cc1ccccc1-n1cnc2ccccc21. The lowest BCUT2D eigenvalue weighted by Crippen LogP contribution is -2.37. The van der Waals surface area contributed by atoms with Gasteiger partial charge in [0.25, 0.3) is 0 Å². The van der Waals surface area contributed by atoms with Crippen molar-refractivity contribution in [2.75, 3.05) is 0 Å². The van der Waals surface area contributed by atoms with Gasteiger partial charge in [0.05, 0.1) is 16.7 Å². The van der Waals surface area contributed by atoms with E-state index in [1.807, 2.05) is 12.4 Å². The third-order valence-corrected chi connectivity index (χ3v) is 5.71. The number of imidazole rings is 1. The van der Waals surface area contributed by atoms with Gasteiger partial charge in [-0.1, -0.05) is 54.6 Å². The molecule has 1 unspecified atom stereocenters. The first kappa shape index (κ1) is 16.3. The van der Waals surface area contributed by atoms with E-state index >= 15 is 0 Å². The molecule has 0 spiro atoms. The molecule has 3 heteroatoms. The van der Waals surface area contributed by atoms with Crippen LogP contribution in [-0.2, 0) is 19.5 Å². The average molecular weight is 353 g/mol. The van der Waals surface area contributed by atoms with E-state index in [1.165, 1.54) is 22.4 Å². The number of rotatable bonds is 3. The normalized spacial score (nSPS) is 17.1. The van der Waals surface area contributed by atoms with Gasteiger partial charge in [0.15, 0.2) is 0 Å². The van der Waals surface area contributed by atoms with E-state index in [9.17, 15) is 0 Å². The first-order valence-corrected chi connectivity index (χ1v) is 9.61. The molecule has 0 aliphatic carbocycles. The highest BCUT2D eigenvalue weighted by molar-refractivity contribution is 5.77. The minimum absolute atomic E-state index is 0.535. The minimum Gasteiger partial charge on any atom is -0.299 e. The summed E-state index contributed by atoms with van der Waals surface area (Å²) < 4.78 is 2.22. The Hall–Kier alpha value is -2.91. The Kier molecular flexibility index (Phi) is 4.02. The zero-order valence-electron chi connectivity index (χ0n) is 15.5. The summed E-state index contributed by atoms with van der Waals surface area (Å²) in [5, 5.41) is 0. The van der Waals surface area contributed by atoms with Crippen LogP contribution in [0.4, 0.5) is 0 Å². The van der Waals surface area contributed by atoms with Gasteiger partial charge in [-0.25, -0.2) is 4.98 Å². The molecule has 4 aromatic rings. The van der Waals surface area contributed by atoms with E-state index in [4.69, 9.17) is 0 Å². The van der Waals surface area contributed by atoms with Crippen molar-refractivity contribution in [3.05, 3.63) is 95.8 Å². The standard InChI is InChI=1S/C24H23N3/c1-18-14-19-8-2-3-9-20(19)15-26(18)16-21-10-4-6-12-23(21)27-17-25-22-11-5-7-13-24(22)27/h2-13,17-18H,14-16H2,1H3. The molecule has 3 nitrogen and oxygen atoms in total. The van der Waals surface area contributed by atoms with Crippen molar-refractivity contribution in [2.45, 2.75) is 32.5 Å². The third-order valence-electron chi connectivity index (χ3n) is 5.71. The van der Waals surface area contributed by atoms with E-state index < -0.39 is 0 Å². The van der Waals surface area contributed by atoms with Crippen LogP contribution in [0.1, 0.15) is 23.6 Å². The molecule has 134 valence electrons. The molecule has 2 heterocycles. The van der Waals surface area contributed by atoms with Gasteiger partial charge in [-0.2, -0.15) is 0 Å². The van der Waals surface area contributed by atoms with Crippen LogP contribution < -0.4 is 0 Å². The van der Waals surface area contributed by atoms with Gasteiger partial charge in [-0.3, -0.25) is 9.47 Å². The number of hydrogen-bond donors (Lipinski definition) is 0. The van der Waals surface area contributed by atoms with E-state index in [2.05, 4.69) is 88.1 Å². The van der Waals surface area contributed by atoms with E-state index in [-0.39, 0.29) is 0 Å². The molecule has 1 aliphatic heterocycles. The van der Waals surface area contributed by atoms with Gasteiger partial charge in [0.1, 0.15) is 6.33 Å². The van der Waals surface area contributed by atoms with Crippen molar-refractivity contribution in [3.63, 3.8) is 0 Å². The van der Waals surface area contributed by atoms with Gasteiger partial charge < -0.3 is 0 Å². The fourth-order valence-electron chi connectivity index (χ4n) is 4.19. The summed E-state index contributed by atoms with van der Waals surface area (Å²) >= 11 is 0. The molecule has 1 atom stereocenters. The maximum absolute atomic E-state index is 4.58. The second kappa shape index (κ2) is 6.67. The largest absolute Gasteiger partial charge is 0.299 e. The van der Waals surface area contributed by atoms with Crippen LogP contribution in [0.15, 0.2) is 79.1 Å². The lowest BCUT2D eigenvalue weighted by Gasteiger charge is -2.35. The molecule has 0 saturated carbocycles. The highest BCUT2D eigenvalue weighted by atomic mass is 15.2. The second-order valence-corrected chi connectivity index (χ2v) is 7.46. The Morgan fingerprint density at radius 3 is 2.56 bits per heavy atom. The predicted molar refractivity (Wildman–Crippen MR) is 110 cm³/mol. The molecular formula is C24H23N3. The minimum atomic E-state index is 0.535. The van der Waals surface area contributed by atoms with Crippen molar-refractivity contribution >= 4 is 11.0 Å². The van der Waals surface area contributed by atoms with E-state index in [1.54, 1.807) is 0 Å². The Balaban J connectivity index is 1.50. The Bertz CT molecular complexity index is 1100. The van der Waals surface area contributed by atoms with E-state index in [0.29, 0.717) is 6.04 Å². The molecule has 0 N–H and O–H groups in total. The summed E-state index contributed by atoms with van der Waals surface area (Å²) in [4.78, 5) is 7.16. The lowest BCUT2D eigenvalue weighted by atomic mass is 9.94.